The van der Waals surface area contributed by atoms with Gasteiger partial charge in [0.25, 0.3) is 5.56 Å². The maximum Gasteiger partial charge on any atom is 0.328 e. The molecule has 4 N–H and O–H groups in total. The lowest BCUT2D eigenvalue weighted by atomic mass is 9.97. The van der Waals surface area contributed by atoms with Gasteiger partial charge in [0.2, 0.25) is 5.91 Å². The smallest absolute Gasteiger partial charge is 0.328 e. The minimum atomic E-state index is -1.36. The zero-order valence-electron chi connectivity index (χ0n) is 15.6. The van der Waals surface area contributed by atoms with Gasteiger partial charge in [-0.15, -0.1) is 0 Å². The summed E-state index contributed by atoms with van der Waals surface area (Å²) >= 11 is 5.72. The van der Waals surface area contributed by atoms with Gasteiger partial charge >= 0.3 is 5.69 Å². The number of aliphatic hydroxyl groups excluding tert-OH is 2. The SMILES string of the molecule is Cc1ccnn1CCC(=O)N[C@@H]1CO[C@H](Cn2cc(Cl)c(=O)[nH]c2=O)[C@@H](O)[C@H]1O. The minimum Gasteiger partial charge on any atom is -0.388 e. The zero-order chi connectivity index (χ0) is 21.1. The first-order valence-electron chi connectivity index (χ1n) is 9.01. The van der Waals surface area contributed by atoms with Crippen LogP contribution in [0.2, 0.25) is 5.02 Å². The van der Waals surface area contributed by atoms with E-state index < -0.39 is 35.6 Å². The van der Waals surface area contributed by atoms with Crippen LogP contribution in [0.1, 0.15) is 12.1 Å². The van der Waals surface area contributed by atoms with E-state index in [1.807, 2.05) is 18.0 Å². The molecule has 3 heterocycles. The monoisotopic (exact) mass is 427 g/mol. The molecule has 29 heavy (non-hydrogen) atoms. The van der Waals surface area contributed by atoms with Crippen molar-refractivity contribution in [2.24, 2.45) is 0 Å². The van der Waals surface area contributed by atoms with Crippen molar-refractivity contribution in [1.29, 1.82) is 0 Å². The summed E-state index contributed by atoms with van der Waals surface area (Å²) in [5.41, 5.74) is -0.505. The topological polar surface area (TPSA) is 151 Å². The number of amides is 1. The van der Waals surface area contributed by atoms with E-state index in [4.69, 9.17) is 16.3 Å². The number of nitrogens with zero attached hydrogens (tertiary/aromatic N) is 3. The Hall–Kier alpha value is -2.47. The minimum absolute atomic E-state index is 0.0543. The molecule has 11 nitrogen and oxygen atoms in total. The number of aromatic nitrogens is 4. The van der Waals surface area contributed by atoms with Gasteiger partial charge in [0.15, 0.2) is 0 Å². The average molecular weight is 428 g/mol. The molecule has 12 heteroatoms. The highest BCUT2D eigenvalue weighted by molar-refractivity contribution is 6.30. The summed E-state index contributed by atoms with van der Waals surface area (Å²) in [4.78, 5) is 37.4. The van der Waals surface area contributed by atoms with E-state index in [2.05, 4.69) is 10.4 Å². The van der Waals surface area contributed by atoms with Crippen molar-refractivity contribution < 1.29 is 19.7 Å². The first-order valence-corrected chi connectivity index (χ1v) is 9.39. The molecule has 0 radical (unpaired) electrons. The fourth-order valence-corrected chi connectivity index (χ4v) is 3.27. The standard InChI is InChI=1S/C17H22ClN5O6/c1-9-2-4-19-23(9)5-3-13(24)20-11-8-29-12(15(26)14(11)25)7-22-6-10(18)16(27)21-17(22)28/h2,4,6,11-12,14-15,25-26H,3,5,7-8H2,1H3,(H,20,24)(H,21,27,28)/t11-,12-,14+,15-/m1/s1. The number of ether oxygens (including phenoxy) is 1. The normalized spacial score (nSPS) is 24.4. The summed E-state index contributed by atoms with van der Waals surface area (Å²) in [6, 6.07) is 1.02. The molecule has 0 saturated carbocycles. The van der Waals surface area contributed by atoms with Gasteiger partial charge in [-0.3, -0.25) is 23.8 Å². The third-order valence-electron chi connectivity index (χ3n) is 4.80. The van der Waals surface area contributed by atoms with Crippen molar-refractivity contribution in [1.82, 2.24) is 24.6 Å². The van der Waals surface area contributed by atoms with Crippen molar-refractivity contribution >= 4 is 17.5 Å². The molecule has 158 valence electrons. The molecule has 1 fully saturated rings. The lowest BCUT2D eigenvalue weighted by Crippen LogP contribution is -2.60. The Morgan fingerprint density at radius 2 is 2.17 bits per heavy atom. The van der Waals surface area contributed by atoms with Crippen LogP contribution in [0.4, 0.5) is 0 Å². The quantitative estimate of drug-likeness (QED) is 0.433. The number of H-pyrrole nitrogens is 1. The van der Waals surface area contributed by atoms with E-state index in [0.29, 0.717) is 6.54 Å². The number of aromatic amines is 1. The van der Waals surface area contributed by atoms with Crippen LogP contribution in [0.25, 0.3) is 0 Å². The van der Waals surface area contributed by atoms with Gasteiger partial charge in [0.05, 0.1) is 19.2 Å². The molecule has 1 saturated heterocycles. The molecule has 3 rings (SSSR count). The average Bonchev–Trinajstić information content (AvgIpc) is 3.08. The molecule has 4 atom stereocenters. The van der Waals surface area contributed by atoms with Crippen LogP contribution in [0.5, 0.6) is 0 Å². The van der Waals surface area contributed by atoms with E-state index in [0.717, 1.165) is 16.5 Å². The molecule has 1 aliphatic heterocycles. The van der Waals surface area contributed by atoms with Gasteiger partial charge in [-0.05, 0) is 13.0 Å². The van der Waals surface area contributed by atoms with Crippen molar-refractivity contribution in [2.75, 3.05) is 6.61 Å². The van der Waals surface area contributed by atoms with Crippen LogP contribution in [-0.2, 0) is 22.6 Å². The number of carbonyl (C=O) groups excluding carboxylic acids is 1. The van der Waals surface area contributed by atoms with Gasteiger partial charge in [-0.25, -0.2) is 4.79 Å². The highest BCUT2D eigenvalue weighted by atomic mass is 35.5. The summed E-state index contributed by atoms with van der Waals surface area (Å²) in [6.07, 6.45) is -0.654. The summed E-state index contributed by atoms with van der Waals surface area (Å²) in [5.74, 6) is -0.318. The van der Waals surface area contributed by atoms with Crippen molar-refractivity contribution in [3.63, 3.8) is 0 Å². The molecular formula is C17H22ClN5O6. The summed E-state index contributed by atoms with van der Waals surface area (Å²) in [5, 5.41) is 27.3. The summed E-state index contributed by atoms with van der Waals surface area (Å²) < 4.78 is 8.30. The first-order chi connectivity index (χ1) is 13.8. The first kappa shape index (κ1) is 21.2. The number of hydrogen-bond donors (Lipinski definition) is 4. The number of halogens is 1. The fraction of sp³-hybridized carbons (Fsp3) is 0.529. The predicted molar refractivity (Wildman–Crippen MR) is 102 cm³/mol. The van der Waals surface area contributed by atoms with Crippen molar-refractivity contribution in [2.45, 2.75) is 50.8 Å². The van der Waals surface area contributed by atoms with E-state index in [1.165, 1.54) is 0 Å². The molecule has 1 aliphatic rings. The van der Waals surface area contributed by atoms with Crippen molar-refractivity contribution in [3.8, 4) is 0 Å². The van der Waals surface area contributed by atoms with Gasteiger partial charge in [-0.2, -0.15) is 5.10 Å². The summed E-state index contributed by atoms with van der Waals surface area (Å²) in [7, 11) is 0. The summed E-state index contributed by atoms with van der Waals surface area (Å²) in [6.45, 7) is 2.07. The van der Waals surface area contributed by atoms with Crippen LogP contribution >= 0.6 is 11.6 Å². The van der Waals surface area contributed by atoms with Crippen LogP contribution in [0.3, 0.4) is 0 Å². The third kappa shape index (κ3) is 4.93. The Morgan fingerprint density at radius 1 is 1.41 bits per heavy atom. The number of hydrogen-bond acceptors (Lipinski definition) is 7. The predicted octanol–water partition coefficient (Wildman–Crippen LogP) is -1.61. The van der Waals surface area contributed by atoms with Crippen LogP contribution in [0, 0.1) is 6.92 Å². The van der Waals surface area contributed by atoms with Crippen LogP contribution in [-0.4, -0.2) is 66.4 Å². The van der Waals surface area contributed by atoms with Gasteiger partial charge in [-0.1, -0.05) is 11.6 Å². The second kappa shape index (κ2) is 8.91. The lowest BCUT2D eigenvalue weighted by molar-refractivity contribution is -0.158. The van der Waals surface area contributed by atoms with Gasteiger partial charge < -0.3 is 20.3 Å². The highest BCUT2D eigenvalue weighted by Gasteiger charge is 2.39. The van der Waals surface area contributed by atoms with E-state index in [9.17, 15) is 24.6 Å². The van der Waals surface area contributed by atoms with Gasteiger partial charge in [0, 0.05) is 31.1 Å². The Bertz CT molecular complexity index is 985. The number of carbonyl (C=O) groups is 1. The molecule has 0 unspecified atom stereocenters. The van der Waals surface area contributed by atoms with E-state index in [1.54, 1.807) is 10.9 Å². The highest BCUT2D eigenvalue weighted by Crippen LogP contribution is 2.17. The maximum absolute atomic E-state index is 12.2. The molecule has 0 bridgehead atoms. The molecule has 1 amide bonds. The zero-order valence-corrected chi connectivity index (χ0v) is 16.4. The lowest BCUT2D eigenvalue weighted by Gasteiger charge is -2.38. The van der Waals surface area contributed by atoms with Crippen LogP contribution in [0.15, 0.2) is 28.0 Å². The fourth-order valence-electron chi connectivity index (χ4n) is 3.10. The maximum atomic E-state index is 12.2. The van der Waals surface area contributed by atoms with Crippen molar-refractivity contribution in [3.05, 3.63) is 50.0 Å². The third-order valence-corrected chi connectivity index (χ3v) is 5.07. The number of rotatable bonds is 6. The molecule has 2 aromatic rings. The van der Waals surface area contributed by atoms with Crippen LogP contribution < -0.4 is 16.6 Å². The Morgan fingerprint density at radius 3 is 2.86 bits per heavy atom. The molecular weight excluding hydrogens is 406 g/mol. The molecule has 0 aromatic carbocycles. The molecule has 0 spiro atoms. The Kier molecular flexibility index (Phi) is 6.52. The number of aryl methyl sites for hydroxylation is 2. The second-order valence-corrected chi connectivity index (χ2v) is 7.27. The second-order valence-electron chi connectivity index (χ2n) is 6.86. The number of aliphatic hydroxyl groups is 2. The number of nitrogens with one attached hydrogen (secondary N) is 2. The molecule has 0 aliphatic carbocycles. The Labute approximate surface area is 169 Å². The Balaban J connectivity index is 1.56. The largest absolute Gasteiger partial charge is 0.388 e. The van der Waals surface area contributed by atoms with Gasteiger partial charge in [0.1, 0.15) is 23.3 Å². The van der Waals surface area contributed by atoms with E-state index in [-0.39, 0.29) is 30.5 Å². The van der Waals surface area contributed by atoms with E-state index >= 15 is 0 Å². The molecule has 2 aromatic heterocycles.